The average Bonchev–Trinajstić information content (AvgIpc) is 2.89. The van der Waals surface area contributed by atoms with Crippen LogP contribution in [0.3, 0.4) is 0 Å². The van der Waals surface area contributed by atoms with Gasteiger partial charge in [0.15, 0.2) is 0 Å². The van der Waals surface area contributed by atoms with Gasteiger partial charge >= 0.3 is 0 Å². The molecule has 1 aromatic carbocycles. The van der Waals surface area contributed by atoms with Gasteiger partial charge in [-0.25, -0.2) is 4.98 Å². The molecular formula is C19H21N3OS. The lowest BCUT2D eigenvalue weighted by molar-refractivity contribution is 0.103. The molecule has 124 valence electrons. The van der Waals surface area contributed by atoms with E-state index in [2.05, 4.69) is 17.2 Å². The number of amides is 1. The molecule has 5 heteroatoms. The molecule has 0 unspecified atom stereocenters. The monoisotopic (exact) mass is 339 g/mol. The number of nitrogen functional groups attached to an aromatic ring is 1. The van der Waals surface area contributed by atoms with E-state index in [4.69, 9.17) is 5.73 Å². The number of anilines is 2. The first-order chi connectivity index (χ1) is 11.6. The molecule has 4 nitrogen and oxygen atoms in total. The molecule has 2 heterocycles. The largest absolute Gasteiger partial charge is 0.397 e. The second-order valence-corrected chi connectivity index (χ2v) is 6.93. The van der Waals surface area contributed by atoms with Gasteiger partial charge in [0.1, 0.15) is 9.71 Å². The Morgan fingerprint density at radius 3 is 2.88 bits per heavy atom. The van der Waals surface area contributed by atoms with Gasteiger partial charge < -0.3 is 11.1 Å². The highest BCUT2D eigenvalue weighted by molar-refractivity contribution is 7.21. The topological polar surface area (TPSA) is 68.0 Å². The highest BCUT2D eigenvalue weighted by Gasteiger charge is 2.17. The van der Waals surface area contributed by atoms with Crippen LogP contribution in [0, 0.1) is 6.92 Å². The molecule has 0 aliphatic heterocycles. The normalized spacial score (nSPS) is 10.9. The molecule has 0 aliphatic carbocycles. The van der Waals surface area contributed by atoms with Gasteiger partial charge in [0.05, 0.1) is 5.69 Å². The summed E-state index contributed by atoms with van der Waals surface area (Å²) in [5.74, 6) is -0.184. The van der Waals surface area contributed by atoms with Crippen molar-refractivity contribution < 1.29 is 4.79 Å². The summed E-state index contributed by atoms with van der Waals surface area (Å²) < 4.78 is 0. The standard InChI is InChI=1S/C19H21N3OS/c1-3-4-7-13-9-10-15-16(20)17(24-19(15)22-13)18(23)21-14-8-5-6-12(2)11-14/h5-6,8-11H,3-4,7,20H2,1-2H3,(H,21,23). The number of carbonyl (C=O) groups excluding carboxylic acids is 1. The third-order valence-corrected chi connectivity index (χ3v) is 5.03. The van der Waals surface area contributed by atoms with Crippen molar-refractivity contribution in [3.63, 3.8) is 0 Å². The van der Waals surface area contributed by atoms with Crippen LogP contribution in [-0.4, -0.2) is 10.9 Å². The lowest BCUT2D eigenvalue weighted by Crippen LogP contribution is -2.11. The van der Waals surface area contributed by atoms with Crippen LogP contribution in [-0.2, 0) is 6.42 Å². The SMILES string of the molecule is CCCCc1ccc2c(N)c(C(=O)Nc3cccc(C)c3)sc2n1. The van der Waals surface area contributed by atoms with Gasteiger partial charge in [-0.2, -0.15) is 0 Å². The van der Waals surface area contributed by atoms with Crippen LogP contribution >= 0.6 is 11.3 Å². The van der Waals surface area contributed by atoms with E-state index in [1.165, 1.54) is 11.3 Å². The predicted molar refractivity (Wildman–Crippen MR) is 102 cm³/mol. The number of hydrogen-bond donors (Lipinski definition) is 2. The third-order valence-electron chi connectivity index (χ3n) is 3.92. The van der Waals surface area contributed by atoms with Crippen molar-refractivity contribution >= 4 is 38.8 Å². The maximum atomic E-state index is 12.6. The fraction of sp³-hybridized carbons (Fsp3) is 0.263. The maximum Gasteiger partial charge on any atom is 0.267 e. The number of fused-ring (bicyclic) bond motifs is 1. The highest BCUT2D eigenvalue weighted by Crippen LogP contribution is 2.33. The van der Waals surface area contributed by atoms with Gasteiger partial charge in [0, 0.05) is 16.8 Å². The van der Waals surface area contributed by atoms with Crippen molar-refractivity contribution in [1.29, 1.82) is 0 Å². The van der Waals surface area contributed by atoms with E-state index in [0.717, 1.165) is 46.4 Å². The summed E-state index contributed by atoms with van der Waals surface area (Å²) in [7, 11) is 0. The van der Waals surface area contributed by atoms with E-state index < -0.39 is 0 Å². The summed E-state index contributed by atoms with van der Waals surface area (Å²) in [4.78, 5) is 18.6. The minimum absolute atomic E-state index is 0.184. The fourth-order valence-electron chi connectivity index (χ4n) is 2.61. The second-order valence-electron chi connectivity index (χ2n) is 5.93. The van der Waals surface area contributed by atoms with Crippen molar-refractivity contribution in [2.24, 2.45) is 0 Å². The van der Waals surface area contributed by atoms with Crippen molar-refractivity contribution in [1.82, 2.24) is 4.98 Å². The number of unbranched alkanes of at least 4 members (excludes halogenated alkanes) is 1. The van der Waals surface area contributed by atoms with Crippen LogP contribution in [0.5, 0.6) is 0 Å². The van der Waals surface area contributed by atoms with Crippen LogP contribution in [0.25, 0.3) is 10.2 Å². The van der Waals surface area contributed by atoms with Crippen molar-refractivity contribution in [2.45, 2.75) is 33.1 Å². The molecule has 0 saturated heterocycles. The van der Waals surface area contributed by atoms with Crippen molar-refractivity contribution in [3.05, 3.63) is 52.5 Å². The minimum atomic E-state index is -0.184. The quantitative estimate of drug-likeness (QED) is 0.703. The van der Waals surface area contributed by atoms with E-state index in [9.17, 15) is 4.79 Å². The Labute approximate surface area is 145 Å². The van der Waals surface area contributed by atoms with Crippen LogP contribution in [0.4, 0.5) is 11.4 Å². The maximum absolute atomic E-state index is 12.6. The molecule has 0 spiro atoms. The first-order valence-electron chi connectivity index (χ1n) is 8.14. The zero-order valence-electron chi connectivity index (χ0n) is 13.9. The zero-order valence-corrected chi connectivity index (χ0v) is 14.7. The first-order valence-corrected chi connectivity index (χ1v) is 8.96. The van der Waals surface area contributed by atoms with Gasteiger partial charge in [-0.1, -0.05) is 25.5 Å². The summed E-state index contributed by atoms with van der Waals surface area (Å²) >= 11 is 1.35. The van der Waals surface area contributed by atoms with E-state index in [1.807, 2.05) is 43.3 Å². The number of thiophene rings is 1. The van der Waals surface area contributed by atoms with Gasteiger partial charge in [0.25, 0.3) is 5.91 Å². The van der Waals surface area contributed by atoms with Crippen LogP contribution in [0.15, 0.2) is 36.4 Å². The number of aromatic nitrogens is 1. The van der Waals surface area contributed by atoms with Gasteiger partial charge in [-0.3, -0.25) is 4.79 Å². The number of nitrogens with one attached hydrogen (secondary N) is 1. The van der Waals surface area contributed by atoms with E-state index in [-0.39, 0.29) is 5.91 Å². The molecule has 1 amide bonds. The molecule has 0 saturated carbocycles. The van der Waals surface area contributed by atoms with Gasteiger partial charge in [-0.15, -0.1) is 11.3 Å². The number of benzene rings is 1. The Kier molecular flexibility index (Phi) is 4.81. The lowest BCUT2D eigenvalue weighted by Gasteiger charge is -2.05. The molecule has 0 radical (unpaired) electrons. The predicted octanol–water partition coefficient (Wildman–Crippen LogP) is 4.78. The van der Waals surface area contributed by atoms with Gasteiger partial charge in [-0.05, 0) is 49.6 Å². The third kappa shape index (κ3) is 3.41. The highest BCUT2D eigenvalue weighted by atomic mass is 32.1. The summed E-state index contributed by atoms with van der Waals surface area (Å²) in [6.07, 6.45) is 3.20. The van der Waals surface area contributed by atoms with E-state index >= 15 is 0 Å². The fourth-order valence-corrected chi connectivity index (χ4v) is 3.62. The molecule has 2 aromatic heterocycles. The van der Waals surface area contributed by atoms with E-state index in [0.29, 0.717) is 10.6 Å². The van der Waals surface area contributed by atoms with Crippen LogP contribution in [0.1, 0.15) is 40.7 Å². The first kappa shape index (κ1) is 16.5. The number of pyridine rings is 1. The lowest BCUT2D eigenvalue weighted by atomic mass is 10.1. The minimum Gasteiger partial charge on any atom is -0.397 e. The number of aryl methyl sites for hydroxylation is 2. The second kappa shape index (κ2) is 7.01. The van der Waals surface area contributed by atoms with Crippen LogP contribution < -0.4 is 11.1 Å². The van der Waals surface area contributed by atoms with Crippen molar-refractivity contribution in [3.8, 4) is 0 Å². The Morgan fingerprint density at radius 2 is 2.12 bits per heavy atom. The zero-order chi connectivity index (χ0) is 17.1. The summed E-state index contributed by atoms with van der Waals surface area (Å²) in [6, 6.07) is 11.7. The smallest absolute Gasteiger partial charge is 0.267 e. The van der Waals surface area contributed by atoms with E-state index in [1.54, 1.807) is 0 Å². The number of hydrogen-bond acceptors (Lipinski definition) is 4. The Balaban J connectivity index is 1.88. The molecule has 0 atom stereocenters. The molecule has 0 fully saturated rings. The molecular weight excluding hydrogens is 318 g/mol. The Hall–Kier alpha value is -2.40. The summed E-state index contributed by atoms with van der Waals surface area (Å²) in [6.45, 7) is 4.15. The average molecular weight is 339 g/mol. The number of rotatable bonds is 5. The van der Waals surface area contributed by atoms with Gasteiger partial charge in [0.2, 0.25) is 0 Å². The molecule has 3 rings (SSSR count). The Morgan fingerprint density at radius 1 is 1.29 bits per heavy atom. The molecule has 24 heavy (non-hydrogen) atoms. The van der Waals surface area contributed by atoms with Crippen LogP contribution in [0.2, 0.25) is 0 Å². The van der Waals surface area contributed by atoms with Crippen molar-refractivity contribution in [2.75, 3.05) is 11.1 Å². The summed E-state index contributed by atoms with van der Waals surface area (Å²) in [5, 5.41) is 3.77. The molecule has 0 bridgehead atoms. The summed E-state index contributed by atoms with van der Waals surface area (Å²) in [5.41, 5.74) is 9.61. The Bertz CT molecular complexity index is 885. The molecule has 3 N–H and O–H groups in total. The number of carbonyl (C=O) groups is 1. The number of nitrogens with two attached hydrogens (primary N) is 1. The molecule has 0 aliphatic rings. The molecule has 3 aromatic rings. The number of nitrogens with zero attached hydrogens (tertiary/aromatic N) is 1.